The molecule has 0 aromatic carbocycles. The number of rotatable bonds is 3. The van der Waals surface area contributed by atoms with Crippen molar-refractivity contribution in [3.05, 3.63) is 23.8 Å². The second kappa shape index (κ2) is 7.46. The van der Waals surface area contributed by atoms with Crippen LogP contribution in [0.4, 0.5) is 17.6 Å². The molecule has 0 heterocycles. The second-order valence-electron chi connectivity index (χ2n) is 10.6. The van der Waals surface area contributed by atoms with Crippen molar-refractivity contribution in [2.45, 2.75) is 70.0 Å². The molecule has 188 valence electrons. The Morgan fingerprint density at radius 3 is 2.47 bits per heavy atom. The molecular formula is C24H28F4O6. The minimum absolute atomic E-state index is 0.134. The van der Waals surface area contributed by atoms with Gasteiger partial charge in [0.1, 0.15) is 18.3 Å². The fourth-order valence-corrected chi connectivity index (χ4v) is 7.55. The van der Waals surface area contributed by atoms with Crippen LogP contribution in [0.25, 0.3) is 0 Å². The predicted octanol–water partition coefficient (Wildman–Crippen LogP) is 3.01. The number of Topliss-reactive ketones (excluding diaryl/α,β-unsaturated/α-hetero) is 1. The molecule has 2 N–H and O–H groups in total. The smallest absolute Gasteiger partial charge is 0.452 e. The fourth-order valence-electron chi connectivity index (χ4n) is 7.55. The van der Waals surface area contributed by atoms with Gasteiger partial charge >= 0.3 is 12.1 Å². The lowest BCUT2D eigenvalue weighted by Gasteiger charge is -2.63. The van der Waals surface area contributed by atoms with Gasteiger partial charge in [-0.3, -0.25) is 9.59 Å². The average molecular weight is 488 g/mol. The third kappa shape index (κ3) is 2.96. The van der Waals surface area contributed by atoms with Crippen molar-refractivity contribution in [2.75, 3.05) is 6.61 Å². The van der Waals surface area contributed by atoms with E-state index in [9.17, 15) is 37.8 Å². The highest BCUT2D eigenvalue weighted by Crippen LogP contribution is 2.71. The molecule has 34 heavy (non-hydrogen) atoms. The number of aliphatic hydroxyl groups is 2. The average Bonchev–Trinajstić information content (AvgIpc) is 2.95. The first kappa shape index (κ1) is 25.0. The Morgan fingerprint density at radius 2 is 1.88 bits per heavy atom. The summed E-state index contributed by atoms with van der Waals surface area (Å²) in [5.74, 6) is -6.15. The Kier molecular flexibility index (Phi) is 5.50. The van der Waals surface area contributed by atoms with E-state index in [0.717, 1.165) is 6.08 Å². The summed E-state index contributed by atoms with van der Waals surface area (Å²) in [6.45, 7) is 3.57. The van der Waals surface area contributed by atoms with Crippen LogP contribution in [-0.2, 0) is 19.1 Å². The molecule has 1 unspecified atom stereocenters. The van der Waals surface area contributed by atoms with Crippen LogP contribution in [0.1, 0.15) is 46.5 Å². The van der Waals surface area contributed by atoms with Crippen LogP contribution >= 0.6 is 0 Å². The minimum atomic E-state index is -5.38. The number of carbonyl (C=O) groups is 3. The van der Waals surface area contributed by atoms with Gasteiger partial charge in [0, 0.05) is 16.7 Å². The largest absolute Gasteiger partial charge is 0.490 e. The molecule has 4 aliphatic rings. The normalized spacial score (nSPS) is 45.7. The van der Waals surface area contributed by atoms with Gasteiger partial charge in [-0.2, -0.15) is 13.2 Å². The number of hydrogen-bond donors (Lipinski definition) is 2. The summed E-state index contributed by atoms with van der Waals surface area (Å²) < 4.78 is 61.9. The first-order valence-electron chi connectivity index (χ1n) is 11.3. The maximum absolute atomic E-state index is 17.5. The molecule has 0 aliphatic heterocycles. The van der Waals surface area contributed by atoms with Gasteiger partial charge in [-0.15, -0.1) is 0 Å². The molecule has 0 saturated heterocycles. The number of ketones is 2. The van der Waals surface area contributed by atoms with E-state index in [1.54, 1.807) is 6.92 Å². The lowest BCUT2D eigenvalue weighted by molar-refractivity contribution is -0.249. The first-order chi connectivity index (χ1) is 15.6. The van der Waals surface area contributed by atoms with E-state index >= 15 is 4.39 Å². The van der Waals surface area contributed by atoms with Crippen molar-refractivity contribution in [1.29, 1.82) is 0 Å². The van der Waals surface area contributed by atoms with Crippen molar-refractivity contribution < 1.29 is 46.9 Å². The summed E-state index contributed by atoms with van der Waals surface area (Å²) in [5, 5.41) is 21.1. The zero-order valence-electron chi connectivity index (χ0n) is 19.1. The van der Waals surface area contributed by atoms with Gasteiger partial charge in [-0.25, -0.2) is 9.18 Å². The van der Waals surface area contributed by atoms with Crippen molar-refractivity contribution in [3.8, 4) is 0 Å². The molecular weight excluding hydrogens is 460 g/mol. The van der Waals surface area contributed by atoms with Crippen LogP contribution in [0.2, 0.25) is 0 Å². The number of aliphatic hydroxyl groups excluding tert-OH is 1. The monoisotopic (exact) mass is 488 g/mol. The molecule has 0 amide bonds. The van der Waals surface area contributed by atoms with Gasteiger partial charge in [0.25, 0.3) is 0 Å². The van der Waals surface area contributed by atoms with E-state index in [1.807, 2.05) is 0 Å². The number of fused-ring (bicyclic) bond motifs is 5. The van der Waals surface area contributed by atoms with E-state index in [4.69, 9.17) is 4.74 Å². The molecule has 3 fully saturated rings. The van der Waals surface area contributed by atoms with Crippen LogP contribution in [0, 0.1) is 28.6 Å². The summed E-state index contributed by atoms with van der Waals surface area (Å²) in [4.78, 5) is 36.6. The molecule has 8 atom stereocenters. The quantitative estimate of drug-likeness (QED) is 0.468. The molecule has 0 spiro atoms. The summed E-state index contributed by atoms with van der Waals surface area (Å²) in [5.41, 5.74) is -7.22. The Bertz CT molecular complexity index is 1000. The number of carbonyl (C=O) groups excluding carboxylic acids is 3. The maximum atomic E-state index is 17.5. The number of halogens is 4. The molecule has 0 aromatic heterocycles. The van der Waals surface area contributed by atoms with Gasteiger partial charge in [0.2, 0.25) is 0 Å². The molecule has 4 rings (SSSR count). The van der Waals surface area contributed by atoms with E-state index in [2.05, 4.69) is 0 Å². The van der Waals surface area contributed by atoms with Gasteiger partial charge in [-0.05, 0) is 56.6 Å². The van der Waals surface area contributed by atoms with Crippen LogP contribution in [0.5, 0.6) is 0 Å². The lowest BCUT2D eigenvalue weighted by Crippen LogP contribution is -2.70. The third-order valence-corrected chi connectivity index (χ3v) is 9.25. The summed E-state index contributed by atoms with van der Waals surface area (Å²) in [7, 11) is 0. The van der Waals surface area contributed by atoms with Gasteiger partial charge in [0.15, 0.2) is 17.2 Å². The lowest BCUT2D eigenvalue weighted by atomic mass is 9.44. The Labute approximate surface area is 194 Å². The third-order valence-electron chi connectivity index (χ3n) is 9.25. The van der Waals surface area contributed by atoms with Crippen molar-refractivity contribution in [1.82, 2.24) is 0 Å². The molecule has 0 bridgehead atoms. The maximum Gasteiger partial charge on any atom is 0.490 e. The SMILES string of the molecule is C[C@H]1C[C@H]2[C@@H]3CCC4=CC(=O)C=C[C@]4(C)C3(F)[C@@H](OC(=O)C(F)(F)F)C[C@]2(C)[C@@]1(O)C(=O)CO. The summed E-state index contributed by atoms with van der Waals surface area (Å²) in [6.07, 6.45) is -3.50. The first-order valence-corrected chi connectivity index (χ1v) is 11.3. The van der Waals surface area contributed by atoms with E-state index in [0.29, 0.717) is 5.57 Å². The van der Waals surface area contributed by atoms with Crippen LogP contribution in [0.15, 0.2) is 23.8 Å². The molecule has 0 radical (unpaired) electrons. The molecule has 4 aliphatic carbocycles. The van der Waals surface area contributed by atoms with Crippen molar-refractivity contribution in [3.63, 3.8) is 0 Å². The summed E-state index contributed by atoms with van der Waals surface area (Å²) in [6, 6.07) is 0. The highest BCUT2D eigenvalue weighted by molar-refractivity contribution is 6.01. The standard InChI is InChI=1S/C24H28F4O6/c1-12-8-16-15-5-4-13-9-14(30)6-7-20(13,2)22(15,25)18(34-19(32)24(26,27)28)10-21(16,3)23(12,33)17(31)11-29/h6-7,9,12,15-16,18,29,33H,4-5,8,10-11H2,1-3H3/t12-,15-,16-,18-,20-,21-,22?,23-/m0/s1. The van der Waals surface area contributed by atoms with Gasteiger partial charge in [0.05, 0.1) is 0 Å². The molecule has 6 nitrogen and oxygen atoms in total. The number of ether oxygens (including phenoxy) is 1. The van der Waals surface area contributed by atoms with Crippen LogP contribution in [-0.4, -0.2) is 57.9 Å². The Morgan fingerprint density at radius 1 is 1.24 bits per heavy atom. The topological polar surface area (TPSA) is 101 Å². The van der Waals surface area contributed by atoms with Crippen LogP contribution < -0.4 is 0 Å². The number of alkyl halides is 4. The minimum Gasteiger partial charge on any atom is -0.452 e. The van der Waals surface area contributed by atoms with Gasteiger partial charge < -0.3 is 14.9 Å². The van der Waals surface area contributed by atoms with Gasteiger partial charge in [-0.1, -0.05) is 25.5 Å². The zero-order valence-corrected chi connectivity index (χ0v) is 19.1. The van der Waals surface area contributed by atoms with E-state index in [1.165, 1.54) is 26.0 Å². The van der Waals surface area contributed by atoms with Crippen molar-refractivity contribution in [2.24, 2.45) is 28.6 Å². The number of esters is 1. The predicted molar refractivity (Wildman–Crippen MR) is 110 cm³/mol. The van der Waals surface area contributed by atoms with Crippen molar-refractivity contribution >= 4 is 17.5 Å². The zero-order chi connectivity index (χ0) is 25.5. The molecule has 0 aromatic rings. The fraction of sp³-hybridized carbons (Fsp3) is 0.708. The van der Waals surface area contributed by atoms with Crippen LogP contribution in [0.3, 0.4) is 0 Å². The Hall–Kier alpha value is -2.07. The van der Waals surface area contributed by atoms with E-state index in [-0.39, 0.29) is 25.0 Å². The number of allylic oxidation sites excluding steroid dienone is 4. The summed E-state index contributed by atoms with van der Waals surface area (Å²) >= 11 is 0. The van der Waals surface area contributed by atoms with E-state index < -0.39 is 76.9 Å². The molecule has 10 heteroatoms. The number of hydrogen-bond acceptors (Lipinski definition) is 6. The Balaban J connectivity index is 1.90. The molecule has 3 saturated carbocycles. The highest BCUT2D eigenvalue weighted by atomic mass is 19.4. The second-order valence-corrected chi connectivity index (χ2v) is 10.6. The highest BCUT2D eigenvalue weighted by Gasteiger charge is 2.76.